The van der Waals surface area contributed by atoms with Crippen molar-refractivity contribution >= 4 is 13.3 Å². The predicted molar refractivity (Wildman–Crippen MR) is 62.4 cm³/mol. The van der Waals surface area contributed by atoms with E-state index in [1.54, 1.807) is 24.3 Å². The molecule has 0 heterocycles. The molecule has 0 aliphatic carbocycles. The standard InChI is InChI=1S/C12H9O3P/c13-10-6-8-11(9-7-10)15-16(14)12-4-2-1-3-5-12/h1-9H/p+1. The van der Waals surface area contributed by atoms with Crippen molar-refractivity contribution in [1.82, 2.24) is 0 Å². The largest absolute Gasteiger partial charge is 0.597 e. The van der Waals surface area contributed by atoms with Gasteiger partial charge in [0.1, 0.15) is 5.75 Å². The minimum absolute atomic E-state index is 0.155. The Labute approximate surface area is 94.2 Å². The lowest BCUT2D eigenvalue weighted by Crippen LogP contribution is -1.98. The average Bonchev–Trinajstić information content (AvgIpc) is 2.33. The highest BCUT2D eigenvalue weighted by molar-refractivity contribution is 7.48. The zero-order valence-electron chi connectivity index (χ0n) is 8.41. The van der Waals surface area contributed by atoms with Gasteiger partial charge in [-0.05, 0) is 41.0 Å². The Kier molecular flexibility index (Phi) is 3.18. The van der Waals surface area contributed by atoms with E-state index < -0.39 is 8.03 Å². The molecule has 0 saturated heterocycles. The summed E-state index contributed by atoms with van der Waals surface area (Å²) in [5.41, 5.74) is 0. The highest BCUT2D eigenvalue weighted by atomic mass is 31.1. The van der Waals surface area contributed by atoms with Crippen LogP contribution in [0.4, 0.5) is 0 Å². The molecular formula is C12H10O3P+. The highest BCUT2D eigenvalue weighted by Crippen LogP contribution is 2.27. The van der Waals surface area contributed by atoms with Crippen LogP contribution in [0.15, 0.2) is 54.6 Å². The second-order valence-corrected chi connectivity index (χ2v) is 4.39. The number of phenols is 1. The maximum atomic E-state index is 11.8. The van der Waals surface area contributed by atoms with Crippen molar-refractivity contribution in [1.29, 1.82) is 0 Å². The lowest BCUT2D eigenvalue weighted by molar-refractivity contribution is 0.472. The van der Waals surface area contributed by atoms with Crippen LogP contribution in [0, 0.1) is 0 Å². The molecule has 2 rings (SSSR count). The van der Waals surface area contributed by atoms with Gasteiger partial charge in [-0.1, -0.05) is 18.2 Å². The topological polar surface area (TPSA) is 46.5 Å². The van der Waals surface area contributed by atoms with Gasteiger partial charge in [-0.25, -0.2) is 0 Å². The molecular weight excluding hydrogens is 223 g/mol. The molecule has 0 radical (unpaired) electrons. The molecule has 0 aliphatic rings. The van der Waals surface area contributed by atoms with E-state index in [-0.39, 0.29) is 5.75 Å². The molecule has 16 heavy (non-hydrogen) atoms. The van der Waals surface area contributed by atoms with Crippen molar-refractivity contribution in [2.45, 2.75) is 0 Å². The molecule has 2 aromatic rings. The van der Waals surface area contributed by atoms with Gasteiger partial charge in [0.25, 0.3) is 0 Å². The number of aromatic hydroxyl groups is 1. The van der Waals surface area contributed by atoms with Crippen LogP contribution in [0.1, 0.15) is 0 Å². The first-order valence-corrected chi connectivity index (χ1v) is 5.93. The summed E-state index contributed by atoms with van der Waals surface area (Å²) in [5, 5.41) is 9.72. The molecule has 1 N–H and O–H groups in total. The summed E-state index contributed by atoms with van der Waals surface area (Å²) < 4.78 is 17.0. The average molecular weight is 233 g/mol. The third kappa shape index (κ3) is 2.59. The van der Waals surface area contributed by atoms with Crippen LogP contribution in [0.3, 0.4) is 0 Å². The molecule has 0 fully saturated rings. The van der Waals surface area contributed by atoms with Crippen molar-refractivity contribution in [3.05, 3.63) is 54.6 Å². The van der Waals surface area contributed by atoms with Crippen LogP contribution < -0.4 is 9.83 Å². The van der Waals surface area contributed by atoms with Gasteiger partial charge in [0.15, 0.2) is 5.75 Å². The molecule has 80 valence electrons. The summed E-state index contributed by atoms with van der Waals surface area (Å²) in [7, 11) is -1.89. The van der Waals surface area contributed by atoms with Crippen LogP contribution in [-0.2, 0) is 4.57 Å². The first-order valence-electron chi connectivity index (χ1n) is 4.75. The van der Waals surface area contributed by atoms with Crippen molar-refractivity contribution in [3.63, 3.8) is 0 Å². The lowest BCUT2D eigenvalue weighted by Gasteiger charge is -1.93. The van der Waals surface area contributed by atoms with E-state index in [4.69, 9.17) is 9.63 Å². The Morgan fingerprint density at radius 3 is 2.19 bits per heavy atom. The zero-order valence-corrected chi connectivity index (χ0v) is 9.30. The summed E-state index contributed by atoms with van der Waals surface area (Å²) in [6, 6.07) is 15.1. The van der Waals surface area contributed by atoms with Gasteiger partial charge in [-0.3, -0.25) is 4.52 Å². The lowest BCUT2D eigenvalue weighted by atomic mass is 10.3. The van der Waals surface area contributed by atoms with E-state index in [1.807, 2.05) is 18.2 Å². The Hall–Kier alpha value is -1.86. The fraction of sp³-hybridized carbons (Fsp3) is 0. The Bertz CT molecular complexity index is 479. The highest BCUT2D eigenvalue weighted by Gasteiger charge is 2.22. The molecule has 3 nitrogen and oxygen atoms in total. The fourth-order valence-corrected chi connectivity index (χ4v) is 2.04. The normalized spacial score (nSPS) is 10.9. The Morgan fingerprint density at radius 1 is 0.938 bits per heavy atom. The summed E-state index contributed by atoms with van der Waals surface area (Å²) in [6.07, 6.45) is 0. The molecule has 1 atom stereocenters. The van der Waals surface area contributed by atoms with Crippen LogP contribution in [0.5, 0.6) is 11.5 Å². The first kappa shape index (κ1) is 10.7. The van der Waals surface area contributed by atoms with Crippen LogP contribution in [0.25, 0.3) is 0 Å². The molecule has 1 unspecified atom stereocenters. The Balaban J connectivity index is 2.11. The van der Waals surface area contributed by atoms with Crippen molar-refractivity contribution in [3.8, 4) is 11.5 Å². The minimum Gasteiger partial charge on any atom is -0.508 e. The van der Waals surface area contributed by atoms with E-state index in [0.29, 0.717) is 11.1 Å². The van der Waals surface area contributed by atoms with Gasteiger partial charge >= 0.3 is 8.03 Å². The van der Waals surface area contributed by atoms with Gasteiger partial charge in [-0.15, -0.1) is 0 Å². The smallest absolute Gasteiger partial charge is 0.508 e. The van der Waals surface area contributed by atoms with Crippen molar-refractivity contribution < 1.29 is 14.2 Å². The monoisotopic (exact) mass is 233 g/mol. The summed E-state index contributed by atoms with van der Waals surface area (Å²) in [5.74, 6) is 0.630. The van der Waals surface area contributed by atoms with E-state index in [9.17, 15) is 4.57 Å². The molecule has 0 amide bonds. The molecule has 0 aromatic heterocycles. The number of benzene rings is 2. The van der Waals surface area contributed by atoms with Gasteiger partial charge in [0.2, 0.25) is 5.30 Å². The molecule has 0 saturated carbocycles. The molecule has 0 aliphatic heterocycles. The fourth-order valence-electron chi connectivity index (χ4n) is 1.21. The van der Waals surface area contributed by atoms with Crippen molar-refractivity contribution in [2.75, 3.05) is 0 Å². The van der Waals surface area contributed by atoms with Crippen LogP contribution >= 0.6 is 8.03 Å². The zero-order chi connectivity index (χ0) is 11.4. The maximum absolute atomic E-state index is 11.8. The summed E-state index contributed by atoms with van der Waals surface area (Å²) in [4.78, 5) is 0. The number of hydrogen-bond donors (Lipinski definition) is 1. The van der Waals surface area contributed by atoms with E-state index in [2.05, 4.69) is 0 Å². The molecule has 0 bridgehead atoms. The van der Waals surface area contributed by atoms with Crippen LogP contribution in [-0.4, -0.2) is 5.11 Å². The minimum atomic E-state index is -1.89. The van der Waals surface area contributed by atoms with Crippen LogP contribution in [0.2, 0.25) is 0 Å². The van der Waals surface area contributed by atoms with E-state index in [0.717, 1.165) is 0 Å². The van der Waals surface area contributed by atoms with E-state index in [1.165, 1.54) is 12.1 Å². The van der Waals surface area contributed by atoms with Crippen molar-refractivity contribution in [2.24, 2.45) is 0 Å². The van der Waals surface area contributed by atoms with Gasteiger partial charge < -0.3 is 5.11 Å². The second-order valence-electron chi connectivity index (χ2n) is 3.18. The summed E-state index contributed by atoms with van der Waals surface area (Å²) >= 11 is 0. The van der Waals surface area contributed by atoms with Gasteiger partial charge in [0, 0.05) is 0 Å². The molecule has 4 heteroatoms. The first-order chi connectivity index (χ1) is 7.75. The number of rotatable bonds is 3. The maximum Gasteiger partial charge on any atom is 0.597 e. The molecule has 0 spiro atoms. The molecule has 2 aromatic carbocycles. The number of phenolic OH excluding ortho intramolecular Hbond substituents is 1. The van der Waals surface area contributed by atoms with Gasteiger partial charge in [-0.2, -0.15) is 0 Å². The third-order valence-electron chi connectivity index (χ3n) is 1.99. The number of hydrogen-bond acceptors (Lipinski definition) is 3. The summed E-state index contributed by atoms with van der Waals surface area (Å²) in [6.45, 7) is 0. The SMILES string of the molecule is O=[P+](Oc1ccc(O)cc1)c1ccccc1. The third-order valence-corrected chi connectivity index (χ3v) is 3.09. The second kappa shape index (κ2) is 4.77. The van der Waals surface area contributed by atoms with Gasteiger partial charge in [0.05, 0.1) is 0 Å². The van der Waals surface area contributed by atoms with E-state index >= 15 is 0 Å². The predicted octanol–water partition coefficient (Wildman–Crippen LogP) is 2.84. The quantitative estimate of drug-likeness (QED) is 0.829. The Morgan fingerprint density at radius 2 is 1.56 bits per heavy atom.